The summed E-state index contributed by atoms with van der Waals surface area (Å²) < 4.78 is 5.12. The number of carboxylic acids is 1. The zero-order valence-corrected chi connectivity index (χ0v) is 12.2. The van der Waals surface area contributed by atoms with Crippen molar-refractivity contribution in [1.82, 2.24) is 5.32 Å². The largest absolute Gasteiger partial charge is 0.495 e. The van der Waals surface area contributed by atoms with Gasteiger partial charge in [0.1, 0.15) is 11.8 Å². The number of hydrogen-bond acceptors (Lipinski definition) is 3. The van der Waals surface area contributed by atoms with Crippen LogP contribution in [0, 0.1) is 6.92 Å². The van der Waals surface area contributed by atoms with Crippen LogP contribution in [0.2, 0.25) is 5.02 Å². The number of nitrogens with one attached hydrogen (secondary N) is 2. The van der Waals surface area contributed by atoms with Crippen molar-refractivity contribution in [3.63, 3.8) is 0 Å². The Balaban J connectivity index is 2.85. The van der Waals surface area contributed by atoms with Crippen molar-refractivity contribution in [3.8, 4) is 5.75 Å². The van der Waals surface area contributed by atoms with Gasteiger partial charge in [0.15, 0.2) is 0 Å². The van der Waals surface area contributed by atoms with Crippen LogP contribution < -0.4 is 15.4 Å². The fourth-order valence-electron chi connectivity index (χ4n) is 1.58. The monoisotopic (exact) mass is 300 g/mol. The van der Waals surface area contributed by atoms with Crippen molar-refractivity contribution in [1.29, 1.82) is 0 Å². The van der Waals surface area contributed by atoms with E-state index in [4.69, 9.17) is 21.4 Å². The number of ether oxygens (including phenoxy) is 1. The van der Waals surface area contributed by atoms with Crippen LogP contribution >= 0.6 is 11.6 Å². The quantitative estimate of drug-likeness (QED) is 0.780. The summed E-state index contributed by atoms with van der Waals surface area (Å²) in [4.78, 5) is 22.6. The Bertz CT molecular complexity index is 519. The zero-order chi connectivity index (χ0) is 15.3. The standard InChI is InChI=1S/C13H17ClN2O4/c1-4-9(12(17)18)15-13(19)16-10-5-7(2)8(14)6-11(10)20-3/h5-6,9H,4H2,1-3H3,(H,17,18)(H2,15,16,19)/t9-/m1/s1. The second-order valence-electron chi connectivity index (χ2n) is 4.20. The van der Waals surface area contributed by atoms with Gasteiger partial charge >= 0.3 is 12.0 Å². The molecule has 0 aromatic heterocycles. The van der Waals surface area contributed by atoms with Crippen molar-refractivity contribution in [2.75, 3.05) is 12.4 Å². The number of anilines is 1. The summed E-state index contributed by atoms with van der Waals surface area (Å²) in [6.45, 7) is 3.46. The highest BCUT2D eigenvalue weighted by atomic mass is 35.5. The highest BCUT2D eigenvalue weighted by Gasteiger charge is 2.18. The average molecular weight is 301 g/mol. The molecule has 1 aromatic rings. The number of methoxy groups -OCH3 is 1. The lowest BCUT2D eigenvalue weighted by molar-refractivity contribution is -0.139. The van der Waals surface area contributed by atoms with E-state index in [-0.39, 0.29) is 0 Å². The maximum atomic E-state index is 11.8. The maximum Gasteiger partial charge on any atom is 0.326 e. The third-order valence-corrected chi connectivity index (χ3v) is 3.15. The minimum atomic E-state index is -1.08. The lowest BCUT2D eigenvalue weighted by atomic mass is 10.2. The summed E-state index contributed by atoms with van der Waals surface area (Å²) in [5.41, 5.74) is 1.19. The van der Waals surface area contributed by atoms with Gasteiger partial charge in [-0.2, -0.15) is 0 Å². The van der Waals surface area contributed by atoms with Gasteiger partial charge in [0.05, 0.1) is 12.8 Å². The molecule has 1 atom stereocenters. The topological polar surface area (TPSA) is 87.7 Å². The average Bonchev–Trinajstić information content (AvgIpc) is 2.39. The molecule has 6 nitrogen and oxygen atoms in total. The number of benzene rings is 1. The lowest BCUT2D eigenvalue weighted by Crippen LogP contribution is -2.42. The lowest BCUT2D eigenvalue weighted by Gasteiger charge is -2.15. The van der Waals surface area contributed by atoms with E-state index in [1.165, 1.54) is 7.11 Å². The molecule has 1 rings (SSSR count). The maximum absolute atomic E-state index is 11.8. The number of aliphatic carboxylic acids is 1. The molecule has 20 heavy (non-hydrogen) atoms. The van der Waals surface area contributed by atoms with E-state index in [0.29, 0.717) is 22.9 Å². The smallest absolute Gasteiger partial charge is 0.326 e. The van der Waals surface area contributed by atoms with E-state index in [2.05, 4.69) is 10.6 Å². The minimum Gasteiger partial charge on any atom is -0.495 e. The van der Waals surface area contributed by atoms with E-state index < -0.39 is 18.0 Å². The van der Waals surface area contributed by atoms with Gasteiger partial charge in [-0.3, -0.25) is 0 Å². The Kier molecular flexibility index (Phi) is 5.64. The van der Waals surface area contributed by atoms with E-state index in [1.54, 1.807) is 26.0 Å². The number of urea groups is 1. The highest BCUT2D eigenvalue weighted by Crippen LogP contribution is 2.30. The van der Waals surface area contributed by atoms with Gasteiger partial charge in [0, 0.05) is 11.1 Å². The summed E-state index contributed by atoms with van der Waals surface area (Å²) in [6, 6.07) is 1.69. The van der Waals surface area contributed by atoms with E-state index in [9.17, 15) is 9.59 Å². The first-order chi connectivity index (χ1) is 9.38. The van der Waals surface area contributed by atoms with Crippen LogP contribution in [0.5, 0.6) is 5.75 Å². The molecule has 0 fully saturated rings. The molecule has 0 aliphatic carbocycles. The second-order valence-corrected chi connectivity index (χ2v) is 4.61. The number of carboxylic acid groups (broad SMARTS) is 1. The third-order valence-electron chi connectivity index (χ3n) is 2.74. The SMILES string of the molecule is CC[C@@H](NC(=O)Nc1cc(C)c(Cl)cc1OC)C(=O)O. The fourth-order valence-corrected chi connectivity index (χ4v) is 1.74. The molecule has 3 N–H and O–H groups in total. The molecule has 0 unspecified atom stereocenters. The minimum absolute atomic E-state index is 0.291. The van der Waals surface area contributed by atoms with Crippen LogP contribution in [0.1, 0.15) is 18.9 Å². The van der Waals surface area contributed by atoms with Gasteiger partial charge < -0.3 is 20.5 Å². The Morgan fingerprint density at radius 2 is 2.10 bits per heavy atom. The normalized spacial score (nSPS) is 11.6. The number of aryl methyl sites for hydroxylation is 1. The Labute approximate surface area is 122 Å². The Morgan fingerprint density at radius 3 is 2.60 bits per heavy atom. The number of halogens is 1. The van der Waals surface area contributed by atoms with E-state index in [1.807, 2.05) is 0 Å². The molecule has 0 aliphatic rings. The van der Waals surface area contributed by atoms with Gasteiger partial charge in [-0.05, 0) is 25.0 Å². The third kappa shape index (κ3) is 4.03. The van der Waals surface area contributed by atoms with Crippen LogP contribution in [0.3, 0.4) is 0 Å². The number of carbonyl (C=O) groups excluding carboxylic acids is 1. The first-order valence-electron chi connectivity index (χ1n) is 6.03. The molecule has 110 valence electrons. The molecule has 1 aromatic carbocycles. The second kappa shape index (κ2) is 7.00. The van der Waals surface area contributed by atoms with Gasteiger partial charge in [0.2, 0.25) is 0 Å². The highest BCUT2D eigenvalue weighted by molar-refractivity contribution is 6.31. The molecule has 0 radical (unpaired) electrons. The molecule has 0 heterocycles. The van der Waals surface area contributed by atoms with Crippen LogP contribution in [-0.4, -0.2) is 30.3 Å². The number of rotatable bonds is 5. The van der Waals surface area contributed by atoms with Crippen molar-refractivity contribution in [2.45, 2.75) is 26.3 Å². The molecule has 0 saturated carbocycles. The number of amides is 2. The number of carbonyl (C=O) groups is 2. The van der Waals surface area contributed by atoms with Crippen molar-refractivity contribution < 1.29 is 19.4 Å². The van der Waals surface area contributed by atoms with Crippen molar-refractivity contribution >= 4 is 29.3 Å². The summed E-state index contributed by atoms with van der Waals surface area (Å²) in [7, 11) is 1.45. The predicted octanol–water partition coefficient (Wildman–Crippen LogP) is 2.64. The summed E-state index contributed by atoms with van der Waals surface area (Å²) in [6.07, 6.45) is 0.291. The molecular weight excluding hydrogens is 284 g/mol. The van der Waals surface area contributed by atoms with E-state index in [0.717, 1.165) is 5.56 Å². The summed E-state index contributed by atoms with van der Waals surface area (Å²) in [5, 5.41) is 14.3. The van der Waals surface area contributed by atoms with Gasteiger partial charge in [-0.25, -0.2) is 9.59 Å². The molecular formula is C13H17ClN2O4. The molecule has 0 bridgehead atoms. The van der Waals surface area contributed by atoms with Gasteiger partial charge in [-0.15, -0.1) is 0 Å². The Morgan fingerprint density at radius 1 is 1.45 bits per heavy atom. The first kappa shape index (κ1) is 16.1. The summed E-state index contributed by atoms with van der Waals surface area (Å²) >= 11 is 5.96. The molecule has 7 heteroatoms. The zero-order valence-electron chi connectivity index (χ0n) is 11.5. The van der Waals surface area contributed by atoms with Crippen molar-refractivity contribution in [2.24, 2.45) is 0 Å². The molecule has 0 saturated heterocycles. The van der Waals surface area contributed by atoms with Crippen LogP contribution in [0.4, 0.5) is 10.5 Å². The fraction of sp³-hybridized carbons (Fsp3) is 0.385. The first-order valence-corrected chi connectivity index (χ1v) is 6.41. The van der Waals surface area contributed by atoms with E-state index >= 15 is 0 Å². The summed E-state index contributed by atoms with van der Waals surface area (Å²) in [5.74, 6) is -0.680. The molecule has 2 amide bonds. The molecule has 0 aliphatic heterocycles. The van der Waals surface area contributed by atoms with Crippen molar-refractivity contribution in [3.05, 3.63) is 22.7 Å². The van der Waals surface area contributed by atoms with Gasteiger partial charge in [0.25, 0.3) is 0 Å². The number of hydrogen-bond donors (Lipinski definition) is 3. The van der Waals surface area contributed by atoms with Crippen LogP contribution in [0.25, 0.3) is 0 Å². The predicted molar refractivity (Wildman–Crippen MR) is 76.6 cm³/mol. The van der Waals surface area contributed by atoms with Crippen LogP contribution in [-0.2, 0) is 4.79 Å². The Hall–Kier alpha value is -1.95. The molecule has 0 spiro atoms. The van der Waals surface area contributed by atoms with Crippen LogP contribution in [0.15, 0.2) is 12.1 Å². The van der Waals surface area contributed by atoms with Gasteiger partial charge in [-0.1, -0.05) is 18.5 Å².